The Balaban J connectivity index is 1.52. The van der Waals surface area contributed by atoms with Gasteiger partial charge < -0.3 is 9.47 Å². The Morgan fingerprint density at radius 1 is 1.04 bits per heavy atom. The van der Waals surface area contributed by atoms with Crippen molar-refractivity contribution >= 4 is 5.97 Å². The molecule has 3 aromatic rings. The van der Waals surface area contributed by atoms with Crippen LogP contribution in [-0.2, 0) is 22.6 Å². The minimum absolute atomic E-state index is 0.301. The highest BCUT2D eigenvalue weighted by atomic mass is 16.5. The lowest BCUT2D eigenvalue weighted by Gasteiger charge is -2.05. The maximum atomic E-state index is 11.7. The molecule has 0 bridgehead atoms. The highest BCUT2D eigenvalue weighted by Crippen LogP contribution is 2.19. The van der Waals surface area contributed by atoms with Crippen LogP contribution in [0.5, 0.6) is 0 Å². The molecular weight excluding hydrogens is 328 g/mol. The van der Waals surface area contributed by atoms with Crippen molar-refractivity contribution in [1.82, 2.24) is 9.78 Å². The third-order valence-electron chi connectivity index (χ3n) is 3.94. The SMILES string of the molecule is CCOC(=O)c1ccc(-c2cnn(CCOCc3ccccc3)c2)cc1. The minimum Gasteiger partial charge on any atom is -0.462 e. The standard InChI is InChI=1S/C21H22N2O3/c1-2-26-21(24)19-10-8-18(9-11-19)20-14-22-23(15-20)12-13-25-16-17-6-4-3-5-7-17/h3-11,14-15H,2,12-13,16H2,1H3. The van der Waals surface area contributed by atoms with E-state index in [1.807, 2.05) is 59.5 Å². The van der Waals surface area contributed by atoms with E-state index in [1.165, 1.54) is 0 Å². The van der Waals surface area contributed by atoms with Crippen molar-refractivity contribution in [3.05, 3.63) is 78.1 Å². The number of carbonyl (C=O) groups is 1. The van der Waals surface area contributed by atoms with Gasteiger partial charge in [0.1, 0.15) is 0 Å². The van der Waals surface area contributed by atoms with Crippen molar-refractivity contribution < 1.29 is 14.3 Å². The molecule has 0 saturated carbocycles. The molecule has 2 aromatic carbocycles. The molecule has 5 heteroatoms. The zero-order valence-corrected chi connectivity index (χ0v) is 14.8. The van der Waals surface area contributed by atoms with Gasteiger partial charge in [0, 0.05) is 11.8 Å². The molecule has 0 aliphatic heterocycles. The molecule has 0 radical (unpaired) electrons. The predicted molar refractivity (Wildman–Crippen MR) is 99.7 cm³/mol. The molecule has 1 heterocycles. The highest BCUT2D eigenvalue weighted by Gasteiger charge is 2.07. The van der Waals surface area contributed by atoms with Crippen LogP contribution in [0.1, 0.15) is 22.8 Å². The van der Waals surface area contributed by atoms with Gasteiger partial charge in [-0.25, -0.2) is 4.79 Å². The van der Waals surface area contributed by atoms with E-state index in [4.69, 9.17) is 9.47 Å². The van der Waals surface area contributed by atoms with Gasteiger partial charge >= 0.3 is 5.97 Å². The number of hydrogen-bond acceptors (Lipinski definition) is 4. The number of carbonyl (C=O) groups excluding carboxylic acids is 1. The summed E-state index contributed by atoms with van der Waals surface area (Å²) in [6.07, 6.45) is 3.79. The molecule has 5 nitrogen and oxygen atoms in total. The maximum absolute atomic E-state index is 11.7. The average Bonchev–Trinajstić information content (AvgIpc) is 3.15. The van der Waals surface area contributed by atoms with Crippen LogP contribution < -0.4 is 0 Å². The topological polar surface area (TPSA) is 53.3 Å². The van der Waals surface area contributed by atoms with Crippen molar-refractivity contribution in [1.29, 1.82) is 0 Å². The van der Waals surface area contributed by atoms with Gasteiger partial charge in [-0.3, -0.25) is 4.68 Å². The van der Waals surface area contributed by atoms with Gasteiger partial charge in [-0.1, -0.05) is 42.5 Å². The van der Waals surface area contributed by atoms with Crippen LogP contribution in [0.3, 0.4) is 0 Å². The molecule has 0 amide bonds. The molecule has 134 valence electrons. The van der Waals surface area contributed by atoms with Crippen LogP contribution >= 0.6 is 0 Å². The number of rotatable bonds is 8. The van der Waals surface area contributed by atoms with Crippen LogP contribution in [0, 0.1) is 0 Å². The monoisotopic (exact) mass is 350 g/mol. The highest BCUT2D eigenvalue weighted by molar-refractivity contribution is 5.90. The molecular formula is C21H22N2O3. The number of nitrogens with zero attached hydrogens (tertiary/aromatic N) is 2. The first-order valence-corrected chi connectivity index (χ1v) is 8.68. The molecule has 0 spiro atoms. The summed E-state index contributed by atoms with van der Waals surface area (Å²) < 4.78 is 12.5. The lowest BCUT2D eigenvalue weighted by molar-refractivity contribution is 0.0526. The second-order valence-electron chi connectivity index (χ2n) is 5.83. The van der Waals surface area contributed by atoms with E-state index in [0.717, 1.165) is 16.7 Å². The molecule has 0 N–H and O–H groups in total. The zero-order chi connectivity index (χ0) is 18.2. The largest absolute Gasteiger partial charge is 0.462 e. The normalized spacial score (nSPS) is 10.7. The molecule has 0 fully saturated rings. The molecule has 3 rings (SSSR count). The van der Waals surface area contributed by atoms with E-state index in [0.29, 0.717) is 31.9 Å². The van der Waals surface area contributed by atoms with Gasteiger partial charge in [0.2, 0.25) is 0 Å². The lowest BCUT2D eigenvalue weighted by atomic mass is 10.1. The molecule has 0 saturated heterocycles. The summed E-state index contributed by atoms with van der Waals surface area (Å²) in [6.45, 7) is 4.06. The van der Waals surface area contributed by atoms with Crippen molar-refractivity contribution in [2.24, 2.45) is 0 Å². The van der Waals surface area contributed by atoms with Gasteiger partial charge in [0.25, 0.3) is 0 Å². The second-order valence-corrected chi connectivity index (χ2v) is 5.83. The summed E-state index contributed by atoms with van der Waals surface area (Å²) in [7, 11) is 0. The van der Waals surface area contributed by atoms with Crippen LogP contribution in [0.4, 0.5) is 0 Å². The van der Waals surface area contributed by atoms with Crippen LogP contribution in [0.15, 0.2) is 67.0 Å². The quantitative estimate of drug-likeness (QED) is 0.456. The minimum atomic E-state index is -0.301. The molecule has 0 unspecified atom stereocenters. The maximum Gasteiger partial charge on any atom is 0.338 e. The summed E-state index contributed by atoms with van der Waals surface area (Å²) in [5, 5.41) is 4.37. The number of aromatic nitrogens is 2. The van der Waals surface area contributed by atoms with E-state index in [2.05, 4.69) is 5.10 Å². The number of benzene rings is 2. The third kappa shape index (κ3) is 4.80. The van der Waals surface area contributed by atoms with E-state index in [1.54, 1.807) is 19.1 Å². The summed E-state index contributed by atoms with van der Waals surface area (Å²) >= 11 is 0. The van der Waals surface area contributed by atoms with Crippen LogP contribution in [-0.4, -0.2) is 29.0 Å². The van der Waals surface area contributed by atoms with Crippen molar-refractivity contribution in [2.75, 3.05) is 13.2 Å². The Morgan fingerprint density at radius 3 is 2.54 bits per heavy atom. The summed E-state index contributed by atoms with van der Waals surface area (Å²) in [4.78, 5) is 11.7. The van der Waals surface area contributed by atoms with Gasteiger partial charge in [0.05, 0.1) is 38.1 Å². The van der Waals surface area contributed by atoms with Crippen molar-refractivity contribution in [3.8, 4) is 11.1 Å². The van der Waals surface area contributed by atoms with Crippen LogP contribution in [0.25, 0.3) is 11.1 Å². The van der Waals surface area contributed by atoms with Crippen LogP contribution in [0.2, 0.25) is 0 Å². The van der Waals surface area contributed by atoms with E-state index >= 15 is 0 Å². The molecule has 0 aliphatic rings. The van der Waals surface area contributed by atoms with Crippen molar-refractivity contribution in [3.63, 3.8) is 0 Å². The Bertz CT molecular complexity index is 826. The molecule has 0 atom stereocenters. The van der Waals surface area contributed by atoms with E-state index in [9.17, 15) is 4.79 Å². The Morgan fingerprint density at radius 2 is 1.81 bits per heavy atom. The zero-order valence-electron chi connectivity index (χ0n) is 14.8. The lowest BCUT2D eigenvalue weighted by Crippen LogP contribution is -2.06. The fraction of sp³-hybridized carbons (Fsp3) is 0.238. The number of hydrogen-bond donors (Lipinski definition) is 0. The Hall–Kier alpha value is -2.92. The first kappa shape index (κ1) is 17.9. The first-order valence-electron chi connectivity index (χ1n) is 8.68. The fourth-order valence-electron chi connectivity index (χ4n) is 2.57. The second kappa shape index (κ2) is 8.97. The van der Waals surface area contributed by atoms with Gasteiger partial charge in [-0.15, -0.1) is 0 Å². The van der Waals surface area contributed by atoms with Gasteiger partial charge in [0.15, 0.2) is 0 Å². The Labute approximate surface area is 153 Å². The molecule has 0 aliphatic carbocycles. The summed E-state index contributed by atoms with van der Waals surface area (Å²) in [5.74, 6) is -0.301. The first-order chi connectivity index (χ1) is 12.8. The fourth-order valence-corrected chi connectivity index (χ4v) is 2.57. The van der Waals surface area contributed by atoms with Crippen molar-refractivity contribution in [2.45, 2.75) is 20.1 Å². The van der Waals surface area contributed by atoms with E-state index < -0.39 is 0 Å². The summed E-state index contributed by atoms with van der Waals surface area (Å²) in [6, 6.07) is 17.4. The predicted octanol–water partition coefficient (Wildman–Crippen LogP) is 3.94. The number of ether oxygens (including phenoxy) is 2. The van der Waals surface area contributed by atoms with Gasteiger partial charge in [-0.05, 0) is 30.2 Å². The third-order valence-corrected chi connectivity index (χ3v) is 3.94. The van der Waals surface area contributed by atoms with Gasteiger partial charge in [-0.2, -0.15) is 5.10 Å². The Kier molecular flexibility index (Phi) is 6.17. The van der Waals surface area contributed by atoms with E-state index in [-0.39, 0.29) is 5.97 Å². The smallest absolute Gasteiger partial charge is 0.338 e. The number of esters is 1. The average molecular weight is 350 g/mol. The summed E-state index contributed by atoms with van der Waals surface area (Å²) in [5.41, 5.74) is 3.73. The molecule has 1 aromatic heterocycles. The molecule has 26 heavy (non-hydrogen) atoms.